The summed E-state index contributed by atoms with van der Waals surface area (Å²) in [6.45, 7) is 6.08. The maximum absolute atomic E-state index is 12.8. The van der Waals surface area contributed by atoms with Gasteiger partial charge in [0.25, 0.3) is 5.91 Å². The lowest BCUT2D eigenvalue weighted by atomic mass is 10.1. The number of carbonyl (C=O) groups excluding carboxylic acids is 2. The highest BCUT2D eigenvalue weighted by molar-refractivity contribution is 8.01. The van der Waals surface area contributed by atoms with Crippen LogP contribution in [-0.2, 0) is 11.3 Å². The minimum atomic E-state index is -0.257. The van der Waals surface area contributed by atoms with Crippen molar-refractivity contribution in [2.45, 2.75) is 36.8 Å². The molecule has 198 valence electrons. The van der Waals surface area contributed by atoms with Gasteiger partial charge in [-0.05, 0) is 61.1 Å². The minimum absolute atomic E-state index is 0.0598. The van der Waals surface area contributed by atoms with Gasteiger partial charge in [-0.15, -0.1) is 20.4 Å². The van der Waals surface area contributed by atoms with Crippen LogP contribution in [0.5, 0.6) is 0 Å². The van der Waals surface area contributed by atoms with Crippen LogP contribution in [0.1, 0.15) is 34.2 Å². The van der Waals surface area contributed by atoms with E-state index in [4.69, 9.17) is 23.2 Å². The van der Waals surface area contributed by atoms with Crippen molar-refractivity contribution >= 4 is 75.0 Å². The lowest BCUT2D eigenvalue weighted by Crippen LogP contribution is -2.24. The zero-order valence-electron chi connectivity index (χ0n) is 20.6. The summed E-state index contributed by atoms with van der Waals surface area (Å²) in [7, 11) is 0. The lowest BCUT2D eigenvalue weighted by molar-refractivity contribution is -0.113. The lowest BCUT2D eigenvalue weighted by Gasteiger charge is -2.12. The Balaban J connectivity index is 1.51. The molecule has 9 nitrogen and oxygen atoms in total. The third-order valence-corrected chi connectivity index (χ3v) is 8.81. The summed E-state index contributed by atoms with van der Waals surface area (Å²) in [6.07, 6.45) is 0. The van der Waals surface area contributed by atoms with Gasteiger partial charge in [0.15, 0.2) is 15.3 Å². The maximum atomic E-state index is 12.8. The van der Waals surface area contributed by atoms with Gasteiger partial charge in [0.1, 0.15) is 0 Å². The first-order valence-corrected chi connectivity index (χ1v) is 14.9. The van der Waals surface area contributed by atoms with Crippen LogP contribution in [0.15, 0.2) is 45.9 Å². The van der Waals surface area contributed by atoms with Crippen molar-refractivity contribution in [1.82, 2.24) is 30.3 Å². The van der Waals surface area contributed by atoms with Crippen LogP contribution in [0, 0.1) is 13.8 Å². The maximum Gasteiger partial charge on any atom is 0.251 e. The van der Waals surface area contributed by atoms with Gasteiger partial charge in [-0.25, -0.2) is 0 Å². The largest absolute Gasteiger partial charge is 0.345 e. The van der Waals surface area contributed by atoms with Crippen LogP contribution < -0.4 is 10.6 Å². The number of aryl methyl sites for hydroxylation is 2. The van der Waals surface area contributed by atoms with Gasteiger partial charge in [-0.1, -0.05) is 71.1 Å². The van der Waals surface area contributed by atoms with E-state index in [2.05, 4.69) is 31.0 Å². The number of halogens is 2. The Labute approximate surface area is 242 Å². The molecule has 38 heavy (non-hydrogen) atoms. The molecule has 0 atom stereocenters. The number of rotatable bonds is 10. The van der Waals surface area contributed by atoms with E-state index >= 15 is 0 Å². The Kier molecular flexibility index (Phi) is 9.66. The van der Waals surface area contributed by atoms with E-state index < -0.39 is 0 Å². The monoisotopic (exact) mass is 607 g/mol. The van der Waals surface area contributed by atoms with Crippen LogP contribution >= 0.6 is 58.1 Å². The predicted molar refractivity (Wildman–Crippen MR) is 154 cm³/mol. The summed E-state index contributed by atoms with van der Waals surface area (Å²) in [5, 5.41) is 23.9. The number of benzene rings is 2. The molecule has 0 aliphatic rings. The Morgan fingerprint density at radius 1 is 0.974 bits per heavy atom. The smallest absolute Gasteiger partial charge is 0.251 e. The van der Waals surface area contributed by atoms with E-state index in [1.807, 2.05) is 32.9 Å². The second-order valence-corrected chi connectivity index (χ2v) is 12.2. The summed E-state index contributed by atoms with van der Waals surface area (Å²) in [4.78, 5) is 25.4. The first-order chi connectivity index (χ1) is 18.2. The van der Waals surface area contributed by atoms with Crippen molar-refractivity contribution in [3.05, 3.63) is 69.0 Å². The topological polar surface area (TPSA) is 115 Å². The van der Waals surface area contributed by atoms with Gasteiger partial charge in [0, 0.05) is 5.56 Å². The molecule has 0 aliphatic carbocycles. The van der Waals surface area contributed by atoms with E-state index in [-0.39, 0.29) is 24.1 Å². The minimum Gasteiger partial charge on any atom is -0.345 e. The van der Waals surface area contributed by atoms with E-state index in [1.54, 1.807) is 40.6 Å². The van der Waals surface area contributed by atoms with Crippen LogP contribution in [0.2, 0.25) is 10.0 Å². The summed E-state index contributed by atoms with van der Waals surface area (Å²) in [5.41, 5.74) is 3.34. The predicted octanol–water partition coefficient (Wildman–Crippen LogP) is 5.82. The molecule has 0 spiro atoms. The van der Waals surface area contributed by atoms with Gasteiger partial charge in [-0.2, -0.15) is 0 Å². The number of thioether (sulfide) groups is 2. The van der Waals surface area contributed by atoms with Gasteiger partial charge in [0.2, 0.25) is 11.0 Å². The van der Waals surface area contributed by atoms with Crippen molar-refractivity contribution in [2.24, 2.45) is 0 Å². The Morgan fingerprint density at radius 3 is 2.53 bits per heavy atom. The molecule has 0 bridgehead atoms. The molecule has 0 fully saturated rings. The summed E-state index contributed by atoms with van der Waals surface area (Å²) in [5.74, 6) is 0.907. The fourth-order valence-corrected chi connectivity index (χ4v) is 5.99. The molecule has 0 radical (unpaired) electrons. The molecule has 4 aromatic rings. The molecule has 0 saturated heterocycles. The third kappa shape index (κ3) is 7.06. The molecule has 2 aromatic carbocycles. The summed E-state index contributed by atoms with van der Waals surface area (Å²) in [6, 6.07) is 10.6. The number of hydrogen-bond acceptors (Lipinski definition) is 9. The molecule has 0 unspecified atom stereocenters. The Hall–Kier alpha value is -2.64. The number of nitrogens with zero attached hydrogens (tertiary/aromatic N) is 5. The van der Waals surface area contributed by atoms with E-state index in [0.717, 1.165) is 21.2 Å². The third-order valence-electron chi connectivity index (χ3n) is 5.29. The number of anilines is 1. The van der Waals surface area contributed by atoms with Crippen molar-refractivity contribution in [3.63, 3.8) is 0 Å². The zero-order chi connectivity index (χ0) is 27.2. The summed E-state index contributed by atoms with van der Waals surface area (Å²) >= 11 is 16.5. The molecule has 14 heteroatoms. The highest BCUT2D eigenvalue weighted by Crippen LogP contribution is 2.29. The summed E-state index contributed by atoms with van der Waals surface area (Å²) < 4.78 is 2.53. The molecular weight excluding hydrogens is 585 g/mol. The second kappa shape index (κ2) is 12.9. The Morgan fingerprint density at radius 2 is 1.79 bits per heavy atom. The van der Waals surface area contributed by atoms with Crippen LogP contribution in [0.4, 0.5) is 5.13 Å². The SMILES string of the molecule is CCSc1nnc(NC(=O)CSc2nnc(CNC(=O)c3ccc(C)c(C)c3)n2-c2ccc(Cl)c(Cl)c2)s1. The van der Waals surface area contributed by atoms with Crippen LogP contribution in [-0.4, -0.2) is 48.3 Å². The molecule has 2 amide bonds. The van der Waals surface area contributed by atoms with E-state index in [1.165, 1.54) is 23.1 Å². The Bertz CT molecular complexity index is 1480. The van der Waals surface area contributed by atoms with Crippen LogP contribution in [0.3, 0.4) is 0 Å². The molecule has 0 saturated carbocycles. The number of amides is 2. The van der Waals surface area contributed by atoms with Gasteiger partial charge < -0.3 is 5.32 Å². The highest BCUT2D eigenvalue weighted by Gasteiger charge is 2.19. The van der Waals surface area contributed by atoms with Crippen molar-refractivity contribution in [3.8, 4) is 5.69 Å². The first-order valence-electron chi connectivity index (χ1n) is 11.4. The molecule has 2 N–H and O–H groups in total. The van der Waals surface area contributed by atoms with Crippen molar-refractivity contribution in [2.75, 3.05) is 16.8 Å². The van der Waals surface area contributed by atoms with Gasteiger partial charge >= 0.3 is 0 Å². The molecule has 0 aliphatic heterocycles. The molecule has 2 aromatic heterocycles. The number of aromatic nitrogens is 5. The van der Waals surface area contributed by atoms with E-state index in [9.17, 15) is 9.59 Å². The quantitative estimate of drug-likeness (QED) is 0.171. The zero-order valence-corrected chi connectivity index (χ0v) is 24.6. The molecule has 4 rings (SSSR count). The van der Waals surface area contributed by atoms with Gasteiger partial charge in [0.05, 0.1) is 28.0 Å². The fraction of sp³-hybridized carbons (Fsp3) is 0.250. The van der Waals surface area contributed by atoms with Crippen molar-refractivity contribution in [1.29, 1.82) is 0 Å². The molecule has 2 heterocycles. The first kappa shape index (κ1) is 28.4. The highest BCUT2D eigenvalue weighted by atomic mass is 35.5. The van der Waals surface area contributed by atoms with Crippen molar-refractivity contribution < 1.29 is 9.59 Å². The number of carbonyl (C=O) groups is 2. The van der Waals surface area contributed by atoms with Gasteiger partial charge in [-0.3, -0.25) is 19.5 Å². The number of nitrogens with one attached hydrogen (secondary N) is 2. The normalized spacial score (nSPS) is 11.0. The van der Waals surface area contributed by atoms with E-state index in [0.29, 0.717) is 37.4 Å². The molecular formula is C24H23Cl2N7O2S3. The standard InChI is InChI=1S/C24H23Cl2N7O2S3/c1-4-36-24-32-30-22(38-24)28-20(34)12-37-23-31-29-19(33(23)16-7-8-17(25)18(26)10-16)11-27-21(35)15-6-5-13(2)14(3)9-15/h5-10H,4,11-12H2,1-3H3,(H,27,35)(H,28,30,34). The average Bonchev–Trinajstić information content (AvgIpc) is 3.51. The second-order valence-electron chi connectivity index (χ2n) is 7.96. The average molecular weight is 609 g/mol. The fourth-order valence-electron chi connectivity index (χ4n) is 3.26. The number of hydrogen-bond donors (Lipinski definition) is 2. The van der Waals surface area contributed by atoms with Crippen LogP contribution in [0.25, 0.3) is 5.69 Å².